The van der Waals surface area contributed by atoms with Crippen LogP contribution in [0.1, 0.15) is 68.6 Å². The Morgan fingerprint density at radius 1 is 0.811 bits per heavy atom. The maximum absolute atomic E-state index is 14.2. The van der Waals surface area contributed by atoms with Crippen LogP contribution in [0.3, 0.4) is 0 Å². The van der Waals surface area contributed by atoms with Crippen LogP contribution in [0.4, 0.5) is 9.18 Å². The molecule has 0 bridgehead atoms. The van der Waals surface area contributed by atoms with Crippen LogP contribution in [-0.2, 0) is 16.1 Å². The first-order valence-electron chi connectivity index (χ1n) is 17.4. The number of nitrogens with one attached hydrogen (secondary N) is 3. The molecule has 274 valence electrons. The Kier molecular flexibility index (Phi) is 12.7. The molecule has 3 N–H and O–H groups in total. The second kappa shape index (κ2) is 17.3. The third-order valence-electron chi connectivity index (χ3n) is 8.38. The van der Waals surface area contributed by atoms with Crippen molar-refractivity contribution in [1.29, 1.82) is 0 Å². The summed E-state index contributed by atoms with van der Waals surface area (Å²) < 4.78 is 26.1. The van der Waals surface area contributed by atoms with Crippen molar-refractivity contribution in [2.45, 2.75) is 65.3 Å². The van der Waals surface area contributed by atoms with Gasteiger partial charge in [-0.25, -0.2) is 9.18 Å². The van der Waals surface area contributed by atoms with Crippen LogP contribution in [0, 0.1) is 5.82 Å². The van der Waals surface area contributed by atoms with Crippen LogP contribution in [0.25, 0.3) is 22.3 Å². The molecule has 0 saturated heterocycles. The van der Waals surface area contributed by atoms with E-state index in [1.165, 1.54) is 6.07 Å². The minimum Gasteiger partial charge on any atom is -0.457 e. The quantitative estimate of drug-likeness (QED) is 0.118. The molecule has 3 amide bonds. The number of rotatable bonds is 12. The number of alkyl carbamates (subject to hydrolysis) is 1. The maximum Gasteiger partial charge on any atom is 0.408 e. The second-order valence-corrected chi connectivity index (χ2v) is 14.0. The molecule has 0 aliphatic carbocycles. The fraction of sp³-hybridized carbons (Fsp3) is 0.233. The molecule has 0 saturated carbocycles. The number of hydrogen-bond donors (Lipinski definition) is 3. The second-order valence-electron chi connectivity index (χ2n) is 13.6. The molecule has 0 fully saturated rings. The minimum atomic E-state index is -0.750. The summed E-state index contributed by atoms with van der Waals surface area (Å²) in [6.07, 6.45) is -0.171. The Bertz CT molecular complexity index is 2080. The number of imide groups is 1. The lowest BCUT2D eigenvalue weighted by Gasteiger charge is -2.22. The summed E-state index contributed by atoms with van der Waals surface area (Å²) in [4.78, 5) is 39.8. The third kappa shape index (κ3) is 10.5. The molecule has 0 heterocycles. The zero-order valence-corrected chi connectivity index (χ0v) is 31.1. The Labute approximate surface area is 314 Å². The summed E-state index contributed by atoms with van der Waals surface area (Å²) in [6.45, 7) is 9.16. The number of ether oxygens (including phenoxy) is 2. The molecule has 0 spiro atoms. The predicted molar refractivity (Wildman–Crippen MR) is 206 cm³/mol. The van der Waals surface area contributed by atoms with Gasteiger partial charge in [0.1, 0.15) is 22.9 Å². The van der Waals surface area contributed by atoms with Crippen molar-refractivity contribution >= 4 is 29.5 Å². The summed E-state index contributed by atoms with van der Waals surface area (Å²) in [7, 11) is 0. The van der Waals surface area contributed by atoms with Gasteiger partial charge in [-0.05, 0) is 98.8 Å². The number of carbonyl (C=O) groups is 3. The lowest BCUT2D eigenvalue weighted by Crippen LogP contribution is -2.45. The molecule has 8 nitrogen and oxygen atoms in total. The Hall–Kier alpha value is -5.51. The van der Waals surface area contributed by atoms with Crippen molar-refractivity contribution in [3.05, 3.63) is 143 Å². The topological polar surface area (TPSA) is 106 Å². The van der Waals surface area contributed by atoms with Gasteiger partial charge in [0.25, 0.3) is 5.91 Å². The van der Waals surface area contributed by atoms with Crippen molar-refractivity contribution in [3.8, 4) is 33.8 Å². The van der Waals surface area contributed by atoms with Crippen LogP contribution in [-0.4, -0.2) is 29.6 Å². The van der Waals surface area contributed by atoms with Crippen molar-refractivity contribution in [2.24, 2.45) is 0 Å². The van der Waals surface area contributed by atoms with Crippen molar-refractivity contribution in [1.82, 2.24) is 16.0 Å². The van der Waals surface area contributed by atoms with E-state index in [2.05, 4.69) is 16.0 Å². The van der Waals surface area contributed by atoms with Gasteiger partial charge in [-0.15, -0.1) is 0 Å². The van der Waals surface area contributed by atoms with E-state index < -0.39 is 35.6 Å². The zero-order valence-electron chi connectivity index (χ0n) is 30.3. The highest BCUT2D eigenvalue weighted by Crippen LogP contribution is 2.39. The van der Waals surface area contributed by atoms with Gasteiger partial charge in [-0.1, -0.05) is 85.3 Å². The molecule has 0 aliphatic rings. The molecule has 0 radical (unpaired) electrons. The first-order valence-corrected chi connectivity index (χ1v) is 17.8. The number of amides is 3. The van der Waals surface area contributed by atoms with Gasteiger partial charge in [0.05, 0.1) is 12.1 Å². The van der Waals surface area contributed by atoms with E-state index in [9.17, 15) is 18.8 Å². The molecule has 10 heteroatoms. The third-order valence-corrected chi connectivity index (χ3v) is 8.62. The summed E-state index contributed by atoms with van der Waals surface area (Å²) >= 11 is 6.50. The minimum absolute atomic E-state index is 0.117. The fourth-order valence-corrected chi connectivity index (χ4v) is 5.85. The van der Waals surface area contributed by atoms with Gasteiger partial charge in [-0.3, -0.25) is 14.9 Å². The van der Waals surface area contributed by atoms with Crippen LogP contribution in [0.15, 0.2) is 115 Å². The van der Waals surface area contributed by atoms with Crippen molar-refractivity contribution in [2.75, 3.05) is 0 Å². The van der Waals surface area contributed by atoms with Gasteiger partial charge in [-0.2, -0.15) is 0 Å². The highest BCUT2D eigenvalue weighted by atomic mass is 35.5. The van der Waals surface area contributed by atoms with Gasteiger partial charge in [0, 0.05) is 34.3 Å². The van der Waals surface area contributed by atoms with E-state index in [1.54, 1.807) is 75.4 Å². The molecule has 0 aliphatic heterocycles. The molecule has 1 unspecified atom stereocenters. The highest BCUT2D eigenvalue weighted by Gasteiger charge is 2.24. The van der Waals surface area contributed by atoms with E-state index in [-0.39, 0.29) is 17.9 Å². The Morgan fingerprint density at radius 3 is 2.26 bits per heavy atom. The molecule has 5 rings (SSSR count). The summed E-state index contributed by atoms with van der Waals surface area (Å²) in [5.41, 5.74) is 3.61. The monoisotopic (exact) mass is 735 g/mol. The molecule has 53 heavy (non-hydrogen) atoms. The molecule has 2 atom stereocenters. The summed E-state index contributed by atoms with van der Waals surface area (Å²) in [5.74, 6) is -0.692. The number of halogens is 2. The van der Waals surface area contributed by atoms with E-state index in [0.717, 1.165) is 16.7 Å². The average Bonchev–Trinajstić information content (AvgIpc) is 3.12. The van der Waals surface area contributed by atoms with E-state index in [4.69, 9.17) is 21.1 Å². The number of hydrogen-bond acceptors (Lipinski definition) is 6. The van der Waals surface area contributed by atoms with Crippen molar-refractivity contribution in [3.63, 3.8) is 0 Å². The first kappa shape index (κ1) is 38.7. The van der Waals surface area contributed by atoms with E-state index in [1.807, 2.05) is 68.4 Å². The number of carbonyl (C=O) groups excluding carboxylic acids is 3. The first-order chi connectivity index (χ1) is 25.3. The van der Waals surface area contributed by atoms with E-state index in [0.29, 0.717) is 39.6 Å². The van der Waals surface area contributed by atoms with Crippen molar-refractivity contribution < 1.29 is 28.2 Å². The van der Waals surface area contributed by atoms with Crippen LogP contribution in [0.2, 0.25) is 5.02 Å². The highest BCUT2D eigenvalue weighted by molar-refractivity contribution is 6.30. The predicted octanol–water partition coefficient (Wildman–Crippen LogP) is 10.0. The smallest absolute Gasteiger partial charge is 0.408 e. The van der Waals surface area contributed by atoms with Gasteiger partial charge in [0.15, 0.2) is 0 Å². The molecule has 0 aromatic heterocycles. The largest absolute Gasteiger partial charge is 0.457 e. The van der Waals surface area contributed by atoms with Gasteiger partial charge < -0.3 is 20.1 Å². The fourth-order valence-electron chi connectivity index (χ4n) is 5.68. The lowest BCUT2D eigenvalue weighted by atomic mass is 9.93. The van der Waals surface area contributed by atoms with Gasteiger partial charge >= 0.3 is 6.09 Å². The lowest BCUT2D eigenvalue weighted by molar-refractivity contribution is -0.122. The van der Waals surface area contributed by atoms with Crippen LogP contribution >= 0.6 is 11.6 Å². The Balaban J connectivity index is 1.46. The van der Waals surface area contributed by atoms with Gasteiger partial charge in [0.2, 0.25) is 5.91 Å². The maximum atomic E-state index is 14.2. The van der Waals surface area contributed by atoms with Crippen LogP contribution in [0.5, 0.6) is 11.5 Å². The van der Waals surface area contributed by atoms with E-state index >= 15 is 0 Å². The zero-order chi connectivity index (χ0) is 38.1. The summed E-state index contributed by atoms with van der Waals surface area (Å²) in [5, 5.41) is 8.87. The molecular weight excluding hydrogens is 693 g/mol. The SMILES string of the molecule is CCC(NCc1ccccc1F)C(=O)NC(=O)c1ccc(-c2ccccc2)cc1-c1ccc(Cl)cc1Oc1cccc([C@@H](C)NC(=O)OC(C)(C)C)c1. The number of benzene rings is 5. The summed E-state index contributed by atoms with van der Waals surface area (Å²) in [6, 6.07) is 32.7. The standard InChI is InChI=1S/C43H43ClFN3O5/c1-6-38(46-26-31-15-10-11-18-37(31)45)41(50)48-40(49)35-21-19-30(28-13-8-7-9-14-28)24-36(35)34-22-20-32(44)25-39(34)52-33-17-12-16-29(23-33)27(2)47-42(51)53-43(3,4)5/h7-25,27,38,46H,6,26H2,1-5H3,(H,47,51)(H,48,49,50)/t27-,38?/m1/s1. The molecule has 5 aromatic carbocycles. The normalized spacial score (nSPS) is 12.4. The molecular formula is C43H43ClFN3O5. The Morgan fingerprint density at radius 2 is 1.55 bits per heavy atom. The van der Waals surface area contributed by atoms with Crippen LogP contribution < -0.4 is 20.7 Å². The average molecular weight is 736 g/mol. The molecule has 5 aromatic rings.